The first-order valence-corrected chi connectivity index (χ1v) is 8.17. The summed E-state index contributed by atoms with van der Waals surface area (Å²) in [7, 11) is 0. The highest BCUT2D eigenvalue weighted by atomic mass is 79.9. The molecule has 0 aliphatic rings. The van der Waals surface area contributed by atoms with Crippen LogP contribution >= 0.6 is 50.6 Å². The number of halogens is 2. The van der Waals surface area contributed by atoms with E-state index in [0.29, 0.717) is 0 Å². The monoisotopic (exact) mass is 347 g/mol. The predicted molar refractivity (Wildman–Crippen MR) is 81.3 cm³/mol. The predicted octanol–water partition coefficient (Wildman–Crippen LogP) is 4.93. The van der Waals surface area contributed by atoms with Gasteiger partial charge < -0.3 is 5.73 Å². The van der Waals surface area contributed by atoms with E-state index in [-0.39, 0.29) is 6.04 Å². The minimum absolute atomic E-state index is 0.111. The van der Waals surface area contributed by atoms with Crippen molar-refractivity contribution in [3.8, 4) is 0 Å². The fourth-order valence-electron chi connectivity index (χ4n) is 1.49. The Morgan fingerprint density at radius 1 is 1.35 bits per heavy atom. The summed E-state index contributed by atoms with van der Waals surface area (Å²) in [5, 5.41) is 0. The number of nitrogens with two attached hydrogens (primary N) is 1. The molecule has 0 saturated carbocycles. The van der Waals surface area contributed by atoms with Gasteiger partial charge in [-0.1, -0.05) is 23.7 Å². The summed E-state index contributed by atoms with van der Waals surface area (Å²) >= 11 is 12.7. The van der Waals surface area contributed by atoms with E-state index in [9.17, 15) is 0 Å². The molecule has 0 bridgehead atoms. The van der Waals surface area contributed by atoms with E-state index in [1.165, 1.54) is 16.2 Å². The maximum atomic E-state index is 6.21. The molecule has 2 N–H and O–H groups in total. The summed E-state index contributed by atoms with van der Waals surface area (Å²) < 4.78 is 1.66. The number of thioether (sulfide) groups is 1. The van der Waals surface area contributed by atoms with Crippen LogP contribution in [0.4, 0.5) is 0 Å². The molecular weight excluding hydrogens is 338 g/mol. The van der Waals surface area contributed by atoms with Crippen LogP contribution in [0, 0.1) is 0 Å². The summed E-state index contributed by atoms with van der Waals surface area (Å²) in [6.07, 6.45) is 2.06. The first-order chi connectivity index (χ1) is 8.11. The number of benzene rings is 1. The maximum absolute atomic E-state index is 6.21. The average Bonchev–Trinajstić information content (AvgIpc) is 2.69. The Hall–Kier alpha value is -0.000000000000000111. The first-order valence-electron chi connectivity index (χ1n) is 4.96. The SMILES string of the molecule is CSc1ccc(C(N)c2cc(Br)c(Cl)s2)cc1. The van der Waals surface area contributed by atoms with Crippen LogP contribution in [0.2, 0.25) is 4.34 Å². The Labute approximate surface area is 122 Å². The van der Waals surface area contributed by atoms with Crippen LogP contribution in [-0.2, 0) is 0 Å². The molecule has 0 amide bonds. The van der Waals surface area contributed by atoms with E-state index in [0.717, 1.165) is 19.2 Å². The van der Waals surface area contributed by atoms with Crippen molar-refractivity contribution in [2.45, 2.75) is 10.9 Å². The molecule has 1 aromatic carbocycles. The standard InChI is InChI=1S/C12H11BrClNS2/c1-16-8-4-2-7(3-5-8)11(15)10-6-9(13)12(14)17-10/h2-6,11H,15H2,1H3. The van der Waals surface area contributed by atoms with Crippen molar-refractivity contribution in [1.82, 2.24) is 0 Å². The molecule has 1 aromatic heterocycles. The lowest BCUT2D eigenvalue weighted by molar-refractivity contribution is 0.891. The molecule has 1 atom stereocenters. The molecule has 5 heteroatoms. The van der Waals surface area contributed by atoms with Gasteiger partial charge in [-0.05, 0) is 45.9 Å². The molecule has 0 fully saturated rings. The van der Waals surface area contributed by atoms with Crippen LogP contribution in [0.25, 0.3) is 0 Å². The summed E-state index contributed by atoms with van der Waals surface area (Å²) in [5.41, 5.74) is 7.32. The quantitative estimate of drug-likeness (QED) is 0.796. The molecule has 0 aliphatic carbocycles. The fraction of sp³-hybridized carbons (Fsp3) is 0.167. The van der Waals surface area contributed by atoms with Gasteiger partial charge in [0.05, 0.1) is 6.04 Å². The highest BCUT2D eigenvalue weighted by Gasteiger charge is 2.13. The van der Waals surface area contributed by atoms with Crippen molar-refractivity contribution in [2.24, 2.45) is 5.73 Å². The molecule has 0 spiro atoms. The summed E-state index contributed by atoms with van der Waals surface area (Å²) in [6.45, 7) is 0. The zero-order valence-electron chi connectivity index (χ0n) is 9.11. The number of hydrogen-bond donors (Lipinski definition) is 1. The van der Waals surface area contributed by atoms with Crippen molar-refractivity contribution in [1.29, 1.82) is 0 Å². The summed E-state index contributed by atoms with van der Waals surface area (Å²) in [6, 6.07) is 10.2. The second kappa shape index (κ2) is 5.76. The Morgan fingerprint density at radius 2 is 2.00 bits per heavy atom. The van der Waals surface area contributed by atoms with E-state index in [2.05, 4.69) is 46.5 Å². The topological polar surface area (TPSA) is 26.0 Å². The lowest BCUT2D eigenvalue weighted by Gasteiger charge is -2.10. The van der Waals surface area contributed by atoms with Crippen LogP contribution < -0.4 is 5.73 Å². The normalized spacial score (nSPS) is 12.7. The van der Waals surface area contributed by atoms with Gasteiger partial charge >= 0.3 is 0 Å². The Kier molecular flexibility index (Phi) is 4.55. The Morgan fingerprint density at radius 3 is 2.47 bits per heavy atom. The molecule has 1 nitrogen and oxygen atoms in total. The van der Waals surface area contributed by atoms with Gasteiger partial charge in [0.25, 0.3) is 0 Å². The molecule has 90 valence electrons. The van der Waals surface area contributed by atoms with Crippen LogP contribution in [-0.4, -0.2) is 6.26 Å². The third-order valence-electron chi connectivity index (χ3n) is 2.45. The van der Waals surface area contributed by atoms with Crippen molar-refractivity contribution < 1.29 is 0 Å². The second-order valence-corrected chi connectivity index (χ2v) is 6.94. The van der Waals surface area contributed by atoms with Crippen LogP contribution in [0.1, 0.15) is 16.5 Å². The van der Waals surface area contributed by atoms with Crippen LogP contribution in [0.3, 0.4) is 0 Å². The second-order valence-electron chi connectivity index (χ2n) is 3.52. The van der Waals surface area contributed by atoms with E-state index in [1.54, 1.807) is 11.8 Å². The zero-order chi connectivity index (χ0) is 12.4. The van der Waals surface area contributed by atoms with E-state index >= 15 is 0 Å². The van der Waals surface area contributed by atoms with Crippen LogP contribution in [0.5, 0.6) is 0 Å². The Balaban J connectivity index is 2.26. The number of thiophene rings is 1. The van der Waals surface area contributed by atoms with Gasteiger partial charge in [-0.25, -0.2) is 0 Å². The highest BCUT2D eigenvalue weighted by Crippen LogP contribution is 2.36. The molecule has 0 saturated heterocycles. The van der Waals surface area contributed by atoms with Gasteiger partial charge in [-0.2, -0.15) is 0 Å². The highest BCUT2D eigenvalue weighted by molar-refractivity contribution is 9.10. The van der Waals surface area contributed by atoms with Crippen molar-refractivity contribution in [3.05, 3.63) is 49.6 Å². The smallest absolute Gasteiger partial charge is 0.107 e. The van der Waals surface area contributed by atoms with E-state index < -0.39 is 0 Å². The maximum Gasteiger partial charge on any atom is 0.107 e. The minimum Gasteiger partial charge on any atom is -0.320 e. The van der Waals surface area contributed by atoms with Crippen LogP contribution in [0.15, 0.2) is 39.7 Å². The first kappa shape index (κ1) is 13.4. The van der Waals surface area contributed by atoms with Gasteiger partial charge in [0.2, 0.25) is 0 Å². The number of rotatable bonds is 3. The summed E-state index contributed by atoms with van der Waals surface area (Å²) in [4.78, 5) is 2.31. The minimum atomic E-state index is -0.111. The molecule has 17 heavy (non-hydrogen) atoms. The van der Waals surface area contributed by atoms with Gasteiger partial charge in [-0.15, -0.1) is 23.1 Å². The van der Waals surface area contributed by atoms with Gasteiger partial charge in [0.1, 0.15) is 4.34 Å². The largest absolute Gasteiger partial charge is 0.320 e. The van der Waals surface area contributed by atoms with E-state index in [4.69, 9.17) is 17.3 Å². The van der Waals surface area contributed by atoms with Crippen molar-refractivity contribution in [3.63, 3.8) is 0 Å². The molecular formula is C12H11BrClNS2. The van der Waals surface area contributed by atoms with Gasteiger partial charge in [0.15, 0.2) is 0 Å². The Bertz CT molecular complexity index is 490. The van der Waals surface area contributed by atoms with Crippen molar-refractivity contribution in [2.75, 3.05) is 6.26 Å². The molecule has 0 aliphatic heterocycles. The zero-order valence-corrected chi connectivity index (χ0v) is 13.1. The summed E-state index contributed by atoms with van der Waals surface area (Å²) in [5.74, 6) is 0. The molecule has 0 radical (unpaired) electrons. The van der Waals surface area contributed by atoms with Gasteiger partial charge in [-0.3, -0.25) is 0 Å². The number of hydrogen-bond acceptors (Lipinski definition) is 3. The molecule has 2 aromatic rings. The van der Waals surface area contributed by atoms with E-state index in [1.807, 2.05) is 6.07 Å². The molecule has 1 unspecified atom stereocenters. The average molecular weight is 349 g/mol. The molecule has 2 rings (SSSR count). The fourth-order valence-corrected chi connectivity index (χ4v) is 3.67. The van der Waals surface area contributed by atoms with Crippen molar-refractivity contribution >= 4 is 50.6 Å². The van der Waals surface area contributed by atoms with Gasteiger partial charge in [0, 0.05) is 14.2 Å². The lowest BCUT2D eigenvalue weighted by atomic mass is 10.1. The third kappa shape index (κ3) is 3.06. The molecule has 1 heterocycles. The third-order valence-corrected chi connectivity index (χ3v) is 5.75. The lowest BCUT2D eigenvalue weighted by Crippen LogP contribution is -2.09.